The van der Waals surface area contributed by atoms with Crippen LogP contribution in [0.1, 0.15) is 35.2 Å². The summed E-state index contributed by atoms with van der Waals surface area (Å²) >= 11 is 0. The van der Waals surface area contributed by atoms with Crippen molar-refractivity contribution >= 4 is 22.1 Å². The van der Waals surface area contributed by atoms with Crippen LogP contribution in [0.3, 0.4) is 0 Å². The zero-order valence-electron chi connectivity index (χ0n) is 15.4. The highest BCUT2D eigenvalue weighted by molar-refractivity contribution is 7.89. The number of benzene rings is 2. The van der Waals surface area contributed by atoms with E-state index in [0.29, 0.717) is 13.1 Å². The maximum atomic E-state index is 12.8. The van der Waals surface area contributed by atoms with E-state index >= 15 is 0 Å². The average molecular weight is 419 g/mol. The molecule has 0 aromatic heterocycles. The van der Waals surface area contributed by atoms with Gasteiger partial charge in [0.2, 0.25) is 15.8 Å². The summed E-state index contributed by atoms with van der Waals surface area (Å²) in [6.45, 7) is 0.929. The number of nitrogens with one attached hydrogen (secondary N) is 1. The summed E-state index contributed by atoms with van der Waals surface area (Å²) < 4.78 is 26.9. The lowest BCUT2D eigenvalue weighted by Crippen LogP contribution is -2.35. The molecule has 0 aliphatic carbocycles. The van der Waals surface area contributed by atoms with Crippen molar-refractivity contribution in [3.8, 4) is 17.2 Å². The molecule has 0 saturated carbocycles. The molecular formula is C19H21N3O6S. The summed E-state index contributed by atoms with van der Waals surface area (Å²) in [6, 6.07) is 8.14. The SMILES string of the molecule is O=C(NN=Cc1ccc(O)c(O)c1O)c1cccc(S(=O)(=O)N2CCCCC2)c1. The van der Waals surface area contributed by atoms with Crippen LogP contribution in [0.2, 0.25) is 0 Å². The van der Waals surface area contributed by atoms with Crippen LogP contribution in [-0.2, 0) is 10.0 Å². The third kappa shape index (κ3) is 4.49. The van der Waals surface area contributed by atoms with Gasteiger partial charge in [0.25, 0.3) is 5.91 Å². The van der Waals surface area contributed by atoms with Crippen molar-refractivity contribution in [1.82, 2.24) is 9.73 Å². The molecule has 1 amide bonds. The molecule has 4 N–H and O–H groups in total. The van der Waals surface area contributed by atoms with Crippen molar-refractivity contribution in [1.29, 1.82) is 0 Å². The van der Waals surface area contributed by atoms with Gasteiger partial charge in [0.05, 0.1) is 11.1 Å². The highest BCUT2D eigenvalue weighted by Gasteiger charge is 2.26. The molecule has 10 heteroatoms. The first kappa shape index (κ1) is 20.6. The molecular weight excluding hydrogens is 398 g/mol. The molecule has 1 fully saturated rings. The number of sulfonamides is 1. The van der Waals surface area contributed by atoms with Gasteiger partial charge in [-0.1, -0.05) is 12.5 Å². The molecule has 0 radical (unpaired) electrons. The molecule has 3 rings (SSSR count). The highest BCUT2D eigenvalue weighted by atomic mass is 32.2. The molecule has 0 atom stereocenters. The third-order valence-electron chi connectivity index (χ3n) is 4.58. The van der Waals surface area contributed by atoms with Crippen LogP contribution in [0.4, 0.5) is 0 Å². The Morgan fingerprint density at radius 1 is 1.03 bits per heavy atom. The maximum Gasteiger partial charge on any atom is 0.271 e. The van der Waals surface area contributed by atoms with E-state index in [1.807, 2.05) is 0 Å². The smallest absolute Gasteiger partial charge is 0.271 e. The predicted octanol–water partition coefficient (Wildman–Crippen LogP) is 1.74. The summed E-state index contributed by atoms with van der Waals surface area (Å²) in [7, 11) is -3.67. The van der Waals surface area contributed by atoms with Gasteiger partial charge in [-0.15, -0.1) is 0 Å². The van der Waals surface area contributed by atoms with Crippen LogP contribution < -0.4 is 5.43 Å². The van der Waals surface area contributed by atoms with Crippen LogP contribution >= 0.6 is 0 Å². The van der Waals surface area contributed by atoms with Gasteiger partial charge in [-0.2, -0.15) is 9.41 Å². The van der Waals surface area contributed by atoms with Gasteiger partial charge in [-0.3, -0.25) is 4.79 Å². The second-order valence-electron chi connectivity index (χ2n) is 6.56. The van der Waals surface area contributed by atoms with Crippen molar-refractivity contribution in [3.05, 3.63) is 47.5 Å². The number of nitrogens with zero attached hydrogens (tertiary/aromatic N) is 2. The lowest BCUT2D eigenvalue weighted by Gasteiger charge is -2.25. The van der Waals surface area contributed by atoms with Gasteiger partial charge >= 0.3 is 0 Å². The number of phenols is 3. The number of hydrogen-bond acceptors (Lipinski definition) is 7. The molecule has 0 bridgehead atoms. The Kier molecular flexibility index (Phi) is 6.04. The second kappa shape index (κ2) is 8.50. The number of hydrazone groups is 1. The average Bonchev–Trinajstić information content (AvgIpc) is 2.74. The number of piperidine rings is 1. The Morgan fingerprint density at radius 2 is 1.76 bits per heavy atom. The molecule has 1 heterocycles. The molecule has 1 saturated heterocycles. The summed E-state index contributed by atoms with van der Waals surface area (Å²) in [6.07, 6.45) is 3.71. The van der Waals surface area contributed by atoms with Crippen LogP contribution in [0, 0.1) is 0 Å². The number of hydrogen-bond donors (Lipinski definition) is 4. The first-order valence-electron chi connectivity index (χ1n) is 8.98. The quantitative estimate of drug-likeness (QED) is 0.331. The summed E-state index contributed by atoms with van der Waals surface area (Å²) in [5, 5.41) is 32.2. The number of phenolic OH excluding ortho intramolecular Hbond substituents is 3. The van der Waals surface area contributed by atoms with E-state index in [1.165, 1.54) is 34.6 Å². The Labute approximate surface area is 168 Å². The summed E-state index contributed by atoms with van der Waals surface area (Å²) in [5.74, 6) is -2.41. The van der Waals surface area contributed by atoms with Crippen LogP contribution in [-0.4, -0.2) is 53.3 Å². The first-order chi connectivity index (χ1) is 13.8. The number of carbonyl (C=O) groups is 1. The van der Waals surface area contributed by atoms with Crippen LogP contribution in [0.15, 0.2) is 46.4 Å². The van der Waals surface area contributed by atoms with Crippen LogP contribution in [0.5, 0.6) is 17.2 Å². The molecule has 29 heavy (non-hydrogen) atoms. The van der Waals surface area contributed by atoms with Gasteiger partial charge < -0.3 is 15.3 Å². The molecule has 0 unspecified atom stereocenters. The lowest BCUT2D eigenvalue weighted by atomic mass is 10.2. The normalized spacial score (nSPS) is 15.4. The first-order valence-corrected chi connectivity index (χ1v) is 10.4. The van der Waals surface area contributed by atoms with Crippen molar-refractivity contribution in [2.45, 2.75) is 24.2 Å². The topological polar surface area (TPSA) is 140 Å². The molecule has 1 aliphatic rings. The van der Waals surface area contributed by atoms with Gasteiger partial charge in [-0.05, 0) is 43.2 Å². The van der Waals surface area contributed by atoms with Crippen molar-refractivity contribution in [2.24, 2.45) is 5.10 Å². The standard InChI is InChI=1S/C19H21N3O6S/c23-16-8-7-14(17(24)18(16)25)12-20-21-19(26)13-5-4-6-15(11-13)29(27,28)22-9-2-1-3-10-22/h4-8,11-12,23-25H,1-3,9-10H2,(H,21,26). The molecule has 2 aromatic rings. The van der Waals surface area contributed by atoms with Crippen molar-refractivity contribution < 1.29 is 28.5 Å². The fourth-order valence-corrected chi connectivity index (χ4v) is 4.53. The Morgan fingerprint density at radius 3 is 2.48 bits per heavy atom. The molecule has 9 nitrogen and oxygen atoms in total. The minimum Gasteiger partial charge on any atom is -0.504 e. The Hall–Kier alpha value is -3.11. The molecule has 0 spiro atoms. The monoisotopic (exact) mass is 419 g/mol. The number of carbonyl (C=O) groups excluding carboxylic acids is 1. The zero-order chi connectivity index (χ0) is 21.0. The van der Waals surface area contributed by atoms with Gasteiger partial charge in [-0.25, -0.2) is 13.8 Å². The minimum absolute atomic E-state index is 0.0390. The Bertz CT molecular complexity index is 1050. The number of amides is 1. The maximum absolute atomic E-state index is 12.8. The predicted molar refractivity (Wildman–Crippen MR) is 106 cm³/mol. The summed E-state index contributed by atoms with van der Waals surface area (Å²) in [4.78, 5) is 12.4. The van der Waals surface area contributed by atoms with E-state index in [2.05, 4.69) is 10.5 Å². The fraction of sp³-hybridized carbons (Fsp3) is 0.263. The van der Waals surface area contributed by atoms with Crippen molar-refractivity contribution in [3.63, 3.8) is 0 Å². The lowest BCUT2D eigenvalue weighted by molar-refractivity contribution is 0.0955. The largest absolute Gasteiger partial charge is 0.504 e. The van der Waals surface area contributed by atoms with E-state index in [9.17, 15) is 28.5 Å². The number of rotatable bonds is 5. The Balaban J connectivity index is 1.74. The van der Waals surface area contributed by atoms with Gasteiger partial charge in [0.15, 0.2) is 11.5 Å². The van der Waals surface area contributed by atoms with E-state index in [0.717, 1.165) is 31.5 Å². The molecule has 1 aliphatic heterocycles. The van der Waals surface area contributed by atoms with Crippen molar-refractivity contribution in [2.75, 3.05) is 13.1 Å². The minimum atomic E-state index is -3.67. The fourth-order valence-electron chi connectivity index (χ4n) is 2.97. The zero-order valence-corrected chi connectivity index (χ0v) is 16.3. The molecule has 2 aromatic carbocycles. The second-order valence-corrected chi connectivity index (χ2v) is 8.50. The van der Waals surface area contributed by atoms with Gasteiger partial charge in [0, 0.05) is 24.2 Å². The highest BCUT2D eigenvalue weighted by Crippen LogP contribution is 2.36. The van der Waals surface area contributed by atoms with E-state index < -0.39 is 33.2 Å². The number of aromatic hydroxyl groups is 3. The van der Waals surface area contributed by atoms with Crippen LogP contribution in [0.25, 0.3) is 0 Å². The van der Waals surface area contributed by atoms with Gasteiger partial charge in [0.1, 0.15) is 0 Å². The van der Waals surface area contributed by atoms with E-state index in [-0.39, 0.29) is 16.0 Å². The molecule has 154 valence electrons. The van der Waals surface area contributed by atoms with E-state index in [4.69, 9.17) is 0 Å². The van der Waals surface area contributed by atoms with E-state index in [1.54, 1.807) is 0 Å². The summed E-state index contributed by atoms with van der Waals surface area (Å²) in [5.41, 5.74) is 2.41. The third-order valence-corrected chi connectivity index (χ3v) is 6.47.